The number of amides is 4. The molecular weight excluding hydrogens is 398 g/mol. The Hall–Kier alpha value is -3.68. The van der Waals surface area contributed by atoms with E-state index in [9.17, 15) is 19.2 Å². The number of benzene rings is 2. The average Bonchev–Trinajstić information content (AvgIpc) is 3.55. The molecule has 2 aliphatic rings. The number of carbonyl (C=O) groups is 4. The first-order valence-electron chi connectivity index (χ1n) is 10.1. The van der Waals surface area contributed by atoms with Gasteiger partial charge in [0.2, 0.25) is 5.91 Å². The molecule has 8 nitrogen and oxygen atoms in total. The Morgan fingerprint density at radius 3 is 2.42 bits per heavy atom. The summed E-state index contributed by atoms with van der Waals surface area (Å²) >= 11 is 0. The predicted molar refractivity (Wildman–Crippen MR) is 114 cm³/mol. The van der Waals surface area contributed by atoms with E-state index in [1.807, 2.05) is 13.0 Å². The van der Waals surface area contributed by atoms with Gasteiger partial charge in [-0.25, -0.2) is 14.5 Å². The number of hydrogen-bond donors (Lipinski definition) is 1. The van der Waals surface area contributed by atoms with Crippen molar-refractivity contribution in [3.05, 3.63) is 59.7 Å². The van der Waals surface area contributed by atoms with Crippen molar-refractivity contribution in [3.8, 4) is 0 Å². The quantitative estimate of drug-likeness (QED) is 0.571. The Balaban J connectivity index is 1.49. The van der Waals surface area contributed by atoms with Crippen molar-refractivity contribution in [1.82, 2.24) is 4.90 Å². The van der Waals surface area contributed by atoms with E-state index >= 15 is 0 Å². The number of methoxy groups -OCH3 is 1. The molecule has 0 bridgehead atoms. The Kier molecular flexibility index (Phi) is 5.46. The van der Waals surface area contributed by atoms with Crippen LogP contribution in [0, 0.1) is 6.92 Å². The topological polar surface area (TPSA) is 96.0 Å². The summed E-state index contributed by atoms with van der Waals surface area (Å²) < 4.78 is 4.66. The van der Waals surface area contributed by atoms with Gasteiger partial charge in [-0.15, -0.1) is 0 Å². The van der Waals surface area contributed by atoms with Gasteiger partial charge >= 0.3 is 12.0 Å². The fourth-order valence-electron chi connectivity index (χ4n) is 3.76. The van der Waals surface area contributed by atoms with E-state index in [1.165, 1.54) is 12.0 Å². The predicted octanol–water partition coefficient (Wildman–Crippen LogP) is 3.11. The molecule has 2 aromatic carbocycles. The van der Waals surface area contributed by atoms with E-state index in [4.69, 9.17) is 0 Å². The number of rotatable bonds is 6. The van der Waals surface area contributed by atoms with Crippen LogP contribution in [-0.2, 0) is 14.3 Å². The van der Waals surface area contributed by atoms with Crippen molar-refractivity contribution in [3.63, 3.8) is 0 Å². The Morgan fingerprint density at radius 1 is 1.10 bits per heavy atom. The smallest absolute Gasteiger partial charge is 0.337 e. The molecule has 1 aliphatic heterocycles. The molecule has 4 rings (SSSR count). The van der Waals surface area contributed by atoms with Gasteiger partial charge in [-0.2, -0.15) is 0 Å². The van der Waals surface area contributed by atoms with Crippen LogP contribution in [0.15, 0.2) is 48.5 Å². The number of aryl methyl sites for hydroxylation is 1. The first-order valence-corrected chi connectivity index (χ1v) is 10.1. The van der Waals surface area contributed by atoms with Crippen LogP contribution in [0.4, 0.5) is 16.2 Å². The second kappa shape index (κ2) is 8.22. The summed E-state index contributed by atoms with van der Waals surface area (Å²) in [5, 5.41) is 2.73. The molecule has 1 saturated carbocycles. The minimum atomic E-state index is -0.838. The van der Waals surface area contributed by atoms with E-state index in [1.54, 1.807) is 47.4 Å². The molecule has 1 aliphatic carbocycles. The zero-order valence-corrected chi connectivity index (χ0v) is 17.3. The molecule has 0 spiro atoms. The van der Waals surface area contributed by atoms with Crippen molar-refractivity contribution in [2.75, 3.05) is 17.3 Å². The number of hydrogen-bond acceptors (Lipinski definition) is 5. The highest BCUT2D eigenvalue weighted by Gasteiger charge is 2.51. The summed E-state index contributed by atoms with van der Waals surface area (Å²) in [5.74, 6) is -1.24. The molecule has 31 heavy (non-hydrogen) atoms. The third-order valence-electron chi connectivity index (χ3n) is 5.42. The van der Waals surface area contributed by atoms with Crippen LogP contribution in [-0.4, -0.2) is 47.9 Å². The van der Waals surface area contributed by atoms with Crippen molar-refractivity contribution < 1.29 is 23.9 Å². The molecule has 0 aromatic heterocycles. The van der Waals surface area contributed by atoms with Gasteiger partial charge in [0.15, 0.2) is 0 Å². The third-order valence-corrected chi connectivity index (χ3v) is 5.42. The van der Waals surface area contributed by atoms with Gasteiger partial charge < -0.3 is 15.0 Å². The van der Waals surface area contributed by atoms with Crippen LogP contribution >= 0.6 is 0 Å². The molecule has 4 amide bonds. The fourth-order valence-corrected chi connectivity index (χ4v) is 3.76. The number of urea groups is 1. The van der Waals surface area contributed by atoms with E-state index in [2.05, 4.69) is 10.1 Å². The van der Waals surface area contributed by atoms with Crippen molar-refractivity contribution in [1.29, 1.82) is 0 Å². The van der Waals surface area contributed by atoms with E-state index in [0.717, 1.165) is 18.4 Å². The summed E-state index contributed by atoms with van der Waals surface area (Å²) in [6.45, 7) is 1.89. The number of imide groups is 1. The second-order valence-electron chi connectivity index (χ2n) is 7.77. The number of carbonyl (C=O) groups excluding carboxylic acids is 4. The van der Waals surface area contributed by atoms with E-state index in [-0.39, 0.29) is 24.4 Å². The molecular formula is C23H23N3O5. The zero-order chi connectivity index (χ0) is 22.1. The highest BCUT2D eigenvalue weighted by atomic mass is 16.5. The van der Waals surface area contributed by atoms with Crippen molar-refractivity contribution in [2.24, 2.45) is 0 Å². The first kappa shape index (κ1) is 20.6. The molecule has 2 fully saturated rings. The first-order chi connectivity index (χ1) is 14.9. The zero-order valence-electron chi connectivity index (χ0n) is 17.3. The molecule has 1 saturated heterocycles. The lowest BCUT2D eigenvalue weighted by atomic mass is 10.1. The van der Waals surface area contributed by atoms with Gasteiger partial charge in [0.25, 0.3) is 5.91 Å². The summed E-state index contributed by atoms with van der Waals surface area (Å²) in [5.41, 5.74) is 2.31. The molecule has 1 unspecified atom stereocenters. The lowest BCUT2D eigenvalue weighted by Gasteiger charge is -2.21. The van der Waals surface area contributed by atoms with E-state index < -0.39 is 17.9 Å². The Labute approximate surface area is 179 Å². The van der Waals surface area contributed by atoms with Crippen molar-refractivity contribution >= 4 is 35.2 Å². The molecule has 0 radical (unpaired) electrons. The molecule has 1 N–H and O–H groups in total. The summed E-state index contributed by atoms with van der Waals surface area (Å²) in [4.78, 5) is 53.1. The van der Waals surface area contributed by atoms with Gasteiger partial charge in [-0.05, 0) is 61.7 Å². The lowest BCUT2D eigenvalue weighted by Crippen LogP contribution is -2.39. The maximum Gasteiger partial charge on any atom is 0.337 e. The number of anilines is 2. The van der Waals surface area contributed by atoms with Crippen LogP contribution in [0.2, 0.25) is 0 Å². The fraction of sp³-hybridized carbons (Fsp3) is 0.304. The normalized spacial score (nSPS) is 18.3. The monoisotopic (exact) mass is 421 g/mol. The van der Waals surface area contributed by atoms with Crippen LogP contribution in [0.1, 0.15) is 35.2 Å². The molecule has 160 valence electrons. The van der Waals surface area contributed by atoms with Crippen LogP contribution in [0.5, 0.6) is 0 Å². The summed E-state index contributed by atoms with van der Waals surface area (Å²) in [6, 6.07) is 12.2. The average molecular weight is 421 g/mol. The van der Waals surface area contributed by atoms with Gasteiger partial charge in [-0.3, -0.25) is 9.59 Å². The van der Waals surface area contributed by atoms with Gasteiger partial charge in [0, 0.05) is 11.7 Å². The molecule has 1 atom stereocenters. The minimum Gasteiger partial charge on any atom is -0.465 e. The number of nitrogens with one attached hydrogen (secondary N) is 1. The standard InChI is InChI=1S/C23H23N3O5/c1-14-4-3-5-18(12-14)26-21(28)19(25(23(26)30)17-10-11-17)13-20(27)24-16-8-6-15(7-9-16)22(29)31-2/h3-9,12,17,19H,10-11,13H2,1-2H3,(H,24,27). The third kappa shape index (κ3) is 4.14. The largest absolute Gasteiger partial charge is 0.465 e. The number of esters is 1. The Bertz CT molecular complexity index is 1050. The second-order valence-corrected chi connectivity index (χ2v) is 7.77. The van der Waals surface area contributed by atoms with E-state index in [0.29, 0.717) is 16.9 Å². The highest BCUT2D eigenvalue weighted by Crippen LogP contribution is 2.37. The Morgan fingerprint density at radius 2 is 1.81 bits per heavy atom. The van der Waals surface area contributed by atoms with Gasteiger partial charge in [-0.1, -0.05) is 12.1 Å². The summed E-state index contributed by atoms with van der Waals surface area (Å²) in [6.07, 6.45) is 1.52. The molecule has 1 heterocycles. The summed E-state index contributed by atoms with van der Waals surface area (Å²) in [7, 11) is 1.30. The number of ether oxygens (including phenoxy) is 1. The SMILES string of the molecule is COC(=O)c1ccc(NC(=O)CC2C(=O)N(c3cccc(C)c3)C(=O)N2C2CC2)cc1. The maximum atomic E-state index is 13.1. The van der Waals surface area contributed by atoms with Gasteiger partial charge in [0.1, 0.15) is 6.04 Å². The minimum absolute atomic E-state index is 0.0107. The molecule has 2 aromatic rings. The maximum absolute atomic E-state index is 13.1. The van der Waals surface area contributed by atoms with Crippen LogP contribution in [0.3, 0.4) is 0 Å². The lowest BCUT2D eigenvalue weighted by molar-refractivity contribution is -0.124. The van der Waals surface area contributed by atoms with Gasteiger partial charge in [0.05, 0.1) is 24.8 Å². The molecule has 8 heteroatoms. The van der Waals surface area contributed by atoms with Crippen LogP contribution in [0.25, 0.3) is 0 Å². The number of nitrogens with zero attached hydrogens (tertiary/aromatic N) is 2. The highest BCUT2D eigenvalue weighted by molar-refractivity contribution is 6.22. The van der Waals surface area contributed by atoms with Crippen LogP contribution < -0.4 is 10.2 Å². The van der Waals surface area contributed by atoms with Crippen molar-refractivity contribution in [2.45, 2.75) is 38.3 Å².